The van der Waals surface area contributed by atoms with Crippen molar-refractivity contribution in [1.82, 2.24) is 4.90 Å². The molecular weight excluding hydrogens is 324 g/mol. The molecule has 0 aliphatic carbocycles. The highest BCUT2D eigenvalue weighted by Crippen LogP contribution is 2.20. The summed E-state index contributed by atoms with van der Waals surface area (Å²) in [6.07, 6.45) is 7.04. The SMILES string of the molecule is Cc1ccc(OC2CCN(C(=O)CCCCCCN)CC2)cc1.Cl. The predicted octanol–water partition coefficient (Wildman–Crippen LogP) is 3.70. The molecule has 1 aromatic carbocycles. The highest BCUT2D eigenvalue weighted by Gasteiger charge is 2.23. The number of unbranched alkanes of at least 4 members (excludes halogenated alkanes) is 3. The highest BCUT2D eigenvalue weighted by molar-refractivity contribution is 5.85. The van der Waals surface area contributed by atoms with Gasteiger partial charge in [0.2, 0.25) is 5.91 Å². The molecular formula is C19H31ClN2O2. The molecule has 4 nitrogen and oxygen atoms in total. The number of carbonyl (C=O) groups is 1. The van der Waals surface area contributed by atoms with Gasteiger partial charge in [-0.3, -0.25) is 4.79 Å². The molecule has 1 saturated heterocycles. The summed E-state index contributed by atoms with van der Waals surface area (Å²) in [4.78, 5) is 14.2. The number of benzene rings is 1. The molecule has 1 aliphatic rings. The zero-order chi connectivity index (χ0) is 16.5. The smallest absolute Gasteiger partial charge is 0.222 e. The van der Waals surface area contributed by atoms with E-state index in [9.17, 15) is 4.79 Å². The van der Waals surface area contributed by atoms with Gasteiger partial charge < -0.3 is 15.4 Å². The maximum Gasteiger partial charge on any atom is 0.222 e. The molecule has 0 aromatic heterocycles. The summed E-state index contributed by atoms with van der Waals surface area (Å²) in [7, 11) is 0. The van der Waals surface area contributed by atoms with Crippen molar-refractivity contribution in [3.63, 3.8) is 0 Å². The Morgan fingerprint density at radius 1 is 1.12 bits per heavy atom. The first-order chi connectivity index (χ1) is 11.2. The lowest BCUT2D eigenvalue weighted by Gasteiger charge is -2.32. The first-order valence-electron chi connectivity index (χ1n) is 8.90. The summed E-state index contributed by atoms with van der Waals surface area (Å²) in [5, 5.41) is 0. The number of rotatable bonds is 8. The minimum Gasteiger partial charge on any atom is -0.490 e. The zero-order valence-corrected chi connectivity index (χ0v) is 15.5. The van der Waals surface area contributed by atoms with Crippen molar-refractivity contribution in [3.05, 3.63) is 29.8 Å². The summed E-state index contributed by atoms with van der Waals surface area (Å²) in [6, 6.07) is 8.18. The molecule has 1 amide bonds. The molecule has 2 N–H and O–H groups in total. The van der Waals surface area contributed by atoms with E-state index in [1.807, 2.05) is 17.0 Å². The van der Waals surface area contributed by atoms with Gasteiger partial charge in [-0.15, -0.1) is 12.4 Å². The van der Waals surface area contributed by atoms with E-state index in [4.69, 9.17) is 10.5 Å². The first kappa shape index (κ1) is 20.8. The van der Waals surface area contributed by atoms with Crippen LogP contribution >= 0.6 is 12.4 Å². The van der Waals surface area contributed by atoms with Crippen molar-refractivity contribution < 1.29 is 9.53 Å². The topological polar surface area (TPSA) is 55.6 Å². The van der Waals surface area contributed by atoms with Gasteiger partial charge in [0, 0.05) is 32.4 Å². The number of piperidine rings is 1. The van der Waals surface area contributed by atoms with Gasteiger partial charge >= 0.3 is 0 Å². The van der Waals surface area contributed by atoms with Crippen molar-refractivity contribution in [2.45, 2.75) is 58.0 Å². The Bertz CT molecular complexity index is 471. The lowest BCUT2D eigenvalue weighted by atomic mass is 10.1. The van der Waals surface area contributed by atoms with Gasteiger partial charge in [-0.05, 0) is 38.4 Å². The van der Waals surface area contributed by atoms with Crippen molar-refractivity contribution in [1.29, 1.82) is 0 Å². The number of likely N-dealkylation sites (tertiary alicyclic amines) is 1. The van der Waals surface area contributed by atoms with Gasteiger partial charge in [0.15, 0.2) is 0 Å². The molecule has 2 rings (SSSR count). The quantitative estimate of drug-likeness (QED) is 0.724. The lowest BCUT2D eigenvalue weighted by molar-refractivity contribution is -0.133. The van der Waals surface area contributed by atoms with Crippen molar-refractivity contribution in [3.8, 4) is 5.75 Å². The fraction of sp³-hybridized carbons (Fsp3) is 0.632. The van der Waals surface area contributed by atoms with E-state index in [0.717, 1.165) is 63.9 Å². The Labute approximate surface area is 152 Å². The number of hydrogen-bond donors (Lipinski definition) is 1. The lowest BCUT2D eigenvalue weighted by Crippen LogP contribution is -2.41. The fourth-order valence-electron chi connectivity index (χ4n) is 2.96. The Kier molecular flexibility index (Phi) is 9.80. The molecule has 0 unspecified atom stereocenters. The summed E-state index contributed by atoms with van der Waals surface area (Å²) >= 11 is 0. The Hall–Kier alpha value is -1.26. The highest BCUT2D eigenvalue weighted by atomic mass is 35.5. The average molecular weight is 355 g/mol. The molecule has 1 fully saturated rings. The van der Waals surface area contributed by atoms with Gasteiger partial charge in [0.25, 0.3) is 0 Å². The van der Waals surface area contributed by atoms with Gasteiger partial charge in [-0.25, -0.2) is 0 Å². The van der Waals surface area contributed by atoms with E-state index in [0.29, 0.717) is 12.3 Å². The number of carbonyl (C=O) groups excluding carboxylic acids is 1. The minimum absolute atomic E-state index is 0. The third-order valence-corrected chi connectivity index (χ3v) is 4.46. The minimum atomic E-state index is 0. The Morgan fingerprint density at radius 2 is 1.75 bits per heavy atom. The monoisotopic (exact) mass is 354 g/mol. The number of aryl methyl sites for hydroxylation is 1. The molecule has 24 heavy (non-hydrogen) atoms. The Balaban J connectivity index is 0.00000288. The third-order valence-electron chi connectivity index (χ3n) is 4.46. The van der Waals surface area contributed by atoms with E-state index >= 15 is 0 Å². The number of nitrogens with two attached hydrogens (primary N) is 1. The molecule has 1 heterocycles. The second kappa shape index (κ2) is 11.3. The number of halogens is 1. The van der Waals surface area contributed by atoms with Crippen LogP contribution in [0.4, 0.5) is 0 Å². The number of hydrogen-bond acceptors (Lipinski definition) is 3. The van der Waals surface area contributed by atoms with Gasteiger partial charge in [0.05, 0.1) is 0 Å². The van der Waals surface area contributed by atoms with Crippen LogP contribution in [0.1, 0.15) is 50.5 Å². The fourth-order valence-corrected chi connectivity index (χ4v) is 2.96. The van der Waals surface area contributed by atoms with Crippen LogP contribution in [0.2, 0.25) is 0 Å². The standard InChI is InChI=1S/C19H30N2O2.ClH/c1-16-7-9-17(10-8-16)23-18-11-14-21(15-12-18)19(22)6-4-2-3-5-13-20;/h7-10,18H,2-6,11-15,20H2,1H3;1H. The average Bonchev–Trinajstić information content (AvgIpc) is 2.57. The van der Waals surface area contributed by atoms with Gasteiger partial charge in [0.1, 0.15) is 11.9 Å². The van der Waals surface area contributed by atoms with Crippen LogP contribution in [0.25, 0.3) is 0 Å². The van der Waals surface area contributed by atoms with Crippen molar-refractivity contribution >= 4 is 18.3 Å². The molecule has 5 heteroatoms. The largest absolute Gasteiger partial charge is 0.490 e. The summed E-state index contributed by atoms with van der Waals surface area (Å²) < 4.78 is 6.01. The summed E-state index contributed by atoms with van der Waals surface area (Å²) in [5.41, 5.74) is 6.72. The first-order valence-corrected chi connectivity index (χ1v) is 8.90. The van der Waals surface area contributed by atoms with Gasteiger partial charge in [-0.2, -0.15) is 0 Å². The van der Waals surface area contributed by atoms with Crippen molar-refractivity contribution in [2.24, 2.45) is 5.73 Å². The molecule has 0 saturated carbocycles. The summed E-state index contributed by atoms with van der Waals surface area (Å²) in [6.45, 7) is 4.46. The molecule has 0 bridgehead atoms. The van der Waals surface area contributed by atoms with Crippen LogP contribution in [-0.4, -0.2) is 36.5 Å². The van der Waals surface area contributed by atoms with Crippen LogP contribution in [-0.2, 0) is 4.79 Å². The van der Waals surface area contributed by atoms with Crippen LogP contribution in [0.15, 0.2) is 24.3 Å². The molecule has 0 atom stereocenters. The number of ether oxygens (including phenoxy) is 1. The van der Waals surface area contributed by atoms with E-state index in [-0.39, 0.29) is 18.5 Å². The maximum atomic E-state index is 12.2. The van der Waals surface area contributed by atoms with Crippen LogP contribution < -0.4 is 10.5 Å². The molecule has 1 aromatic rings. The second-order valence-electron chi connectivity index (χ2n) is 6.46. The maximum absolute atomic E-state index is 12.2. The van der Waals surface area contributed by atoms with Gasteiger partial charge in [-0.1, -0.05) is 30.5 Å². The number of amides is 1. The van der Waals surface area contributed by atoms with E-state index in [1.54, 1.807) is 0 Å². The van der Waals surface area contributed by atoms with E-state index in [2.05, 4.69) is 19.1 Å². The summed E-state index contributed by atoms with van der Waals surface area (Å²) in [5.74, 6) is 1.23. The normalized spacial score (nSPS) is 15.0. The molecule has 0 spiro atoms. The van der Waals surface area contributed by atoms with Crippen LogP contribution in [0.3, 0.4) is 0 Å². The van der Waals surface area contributed by atoms with E-state index in [1.165, 1.54) is 5.56 Å². The van der Waals surface area contributed by atoms with Crippen molar-refractivity contribution in [2.75, 3.05) is 19.6 Å². The number of nitrogens with zero attached hydrogens (tertiary/aromatic N) is 1. The second-order valence-corrected chi connectivity index (χ2v) is 6.46. The third kappa shape index (κ3) is 7.10. The van der Waals surface area contributed by atoms with E-state index < -0.39 is 0 Å². The predicted molar refractivity (Wildman–Crippen MR) is 101 cm³/mol. The van der Waals surface area contributed by atoms with Crippen LogP contribution in [0, 0.1) is 6.92 Å². The Morgan fingerprint density at radius 3 is 2.38 bits per heavy atom. The van der Waals surface area contributed by atoms with Crippen LogP contribution in [0.5, 0.6) is 5.75 Å². The molecule has 0 radical (unpaired) electrons. The zero-order valence-electron chi connectivity index (χ0n) is 14.7. The molecule has 136 valence electrons. The molecule has 1 aliphatic heterocycles.